The highest BCUT2D eigenvalue weighted by atomic mass is 35.5. The third kappa shape index (κ3) is 3.46. The Morgan fingerprint density at radius 3 is 2.54 bits per heavy atom. The molecule has 2 heterocycles. The average molecular weight is 371 g/mol. The van der Waals surface area contributed by atoms with E-state index in [9.17, 15) is 0 Å². The maximum atomic E-state index is 6.07. The monoisotopic (exact) mass is 370 g/mol. The van der Waals surface area contributed by atoms with E-state index in [0.717, 1.165) is 45.3 Å². The van der Waals surface area contributed by atoms with Crippen molar-refractivity contribution in [3.8, 4) is 5.75 Å². The molecule has 1 saturated heterocycles. The van der Waals surface area contributed by atoms with Crippen molar-refractivity contribution in [1.82, 2.24) is 0 Å². The molecule has 4 rings (SSSR count). The lowest BCUT2D eigenvalue weighted by Crippen LogP contribution is -2.53. The largest absolute Gasteiger partial charge is 0.488 e. The molecule has 0 atom stereocenters. The number of halogens is 1. The fourth-order valence-electron chi connectivity index (χ4n) is 4.13. The molecule has 0 spiro atoms. The van der Waals surface area contributed by atoms with Crippen LogP contribution in [-0.2, 0) is 0 Å². The minimum Gasteiger partial charge on any atom is -0.488 e. The van der Waals surface area contributed by atoms with E-state index >= 15 is 0 Å². The minimum atomic E-state index is 0.686. The summed E-state index contributed by atoms with van der Waals surface area (Å²) in [7, 11) is 0. The van der Waals surface area contributed by atoms with Gasteiger partial charge in [-0.2, -0.15) is 0 Å². The summed E-state index contributed by atoms with van der Waals surface area (Å²) >= 11 is 6.07. The average Bonchev–Trinajstić information content (AvgIpc) is 2.99. The van der Waals surface area contributed by atoms with Crippen LogP contribution in [0.5, 0.6) is 5.75 Å². The van der Waals surface area contributed by atoms with Gasteiger partial charge in [-0.15, -0.1) is 0 Å². The highest BCUT2D eigenvalue weighted by Crippen LogP contribution is 2.32. The summed E-state index contributed by atoms with van der Waals surface area (Å²) < 4.78 is 13.1. The molecule has 0 amide bonds. The lowest BCUT2D eigenvalue weighted by molar-refractivity contribution is -0.927. The summed E-state index contributed by atoms with van der Waals surface area (Å²) in [6.45, 7) is 9.19. The Labute approximate surface area is 159 Å². The van der Waals surface area contributed by atoms with Crippen LogP contribution in [0.1, 0.15) is 19.3 Å². The maximum absolute atomic E-state index is 6.07. The van der Waals surface area contributed by atoms with Crippen LogP contribution in [0.25, 0.3) is 21.9 Å². The Bertz CT molecular complexity index is 924. The Hall–Kier alpha value is -1.97. The second-order valence-electron chi connectivity index (χ2n) is 7.29. The van der Waals surface area contributed by atoms with Gasteiger partial charge in [-0.25, -0.2) is 0 Å². The first-order valence-electron chi connectivity index (χ1n) is 9.40. The third-order valence-corrected chi connectivity index (χ3v) is 5.76. The second kappa shape index (κ2) is 7.34. The molecule has 0 aliphatic carbocycles. The Morgan fingerprint density at radius 1 is 1.04 bits per heavy atom. The number of hydrogen-bond acceptors (Lipinski definition) is 2. The van der Waals surface area contributed by atoms with Crippen LogP contribution in [0.2, 0.25) is 5.02 Å². The van der Waals surface area contributed by atoms with Crippen molar-refractivity contribution >= 4 is 33.5 Å². The lowest BCUT2D eigenvalue weighted by atomic mass is 10.1. The van der Waals surface area contributed by atoms with E-state index in [-0.39, 0.29) is 0 Å². The van der Waals surface area contributed by atoms with Gasteiger partial charge in [-0.05, 0) is 49.6 Å². The number of rotatable bonds is 6. The summed E-state index contributed by atoms with van der Waals surface area (Å²) in [5.74, 6) is 0.858. The fourth-order valence-corrected chi connectivity index (χ4v) is 4.29. The molecule has 1 aliphatic rings. The van der Waals surface area contributed by atoms with Crippen LogP contribution >= 0.6 is 11.6 Å². The topological polar surface area (TPSA) is 22.4 Å². The van der Waals surface area contributed by atoms with Crippen molar-refractivity contribution in [1.29, 1.82) is 0 Å². The molecule has 1 fully saturated rings. The Kier molecular flexibility index (Phi) is 4.92. The molecule has 4 heteroatoms. The number of quaternary nitrogens is 1. The van der Waals surface area contributed by atoms with E-state index in [0.29, 0.717) is 11.6 Å². The first kappa shape index (κ1) is 17.4. The van der Waals surface area contributed by atoms with Crippen molar-refractivity contribution in [2.75, 3.05) is 32.8 Å². The predicted molar refractivity (Wildman–Crippen MR) is 108 cm³/mol. The molecule has 26 heavy (non-hydrogen) atoms. The number of piperidine rings is 1. The predicted octanol–water partition coefficient (Wildman–Crippen LogP) is 5.80. The van der Waals surface area contributed by atoms with Gasteiger partial charge in [0.15, 0.2) is 0 Å². The van der Waals surface area contributed by atoms with E-state index in [1.54, 1.807) is 0 Å². The zero-order valence-corrected chi connectivity index (χ0v) is 15.8. The second-order valence-corrected chi connectivity index (χ2v) is 7.73. The first-order chi connectivity index (χ1) is 12.7. The van der Waals surface area contributed by atoms with Crippen LogP contribution in [-0.4, -0.2) is 37.3 Å². The molecular formula is C22H25ClNO2+. The molecule has 0 saturated carbocycles. The molecule has 3 aromatic rings. The van der Waals surface area contributed by atoms with Gasteiger partial charge in [-0.3, -0.25) is 0 Å². The molecular weight excluding hydrogens is 346 g/mol. The number of fused-ring (bicyclic) bond motifs is 3. The molecule has 1 aromatic heterocycles. The summed E-state index contributed by atoms with van der Waals surface area (Å²) in [4.78, 5) is 0. The zero-order valence-electron chi connectivity index (χ0n) is 15.0. The van der Waals surface area contributed by atoms with Crippen molar-refractivity contribution < 1.29 is 13.6 Å². The van der Waals surface area contributed by atoms with E-state index < -0.39 is 0 Å². The van der Waals surface area contributed by atoms with Crippen molar-refractivity contribution in [2.45, 2.75) is 19.3 Å². The van der Waals surface area contributed by atoms with Crippen LogP contribution < -0.4 is 4.74 Å². The minimum absolute atomic E-state index is 0.686. The molecule has 0 radical (unpaired) electrons. The van der Waals surface area contributed by atoms with E-state index in [2.05, 4.69) is 18.7 Å². The lowest BCUT2D eigenvalue weighted by Gasteiger charge is -2.40. The van der Waals surface area contributed by atoms with Gasteiger partial charge in [0.2, 0.25) is 0 Å². The highest BCUT2D eigenvalue weighted by Gasteiger charge is 2.28. The summed E-state index contributed by atoms with van der Waals surface area (Å²) in [5.41, 5.74) is 1.65. The van der Waals surface area contributed by atoms with Crippen LogP contribution in [0, 0.1) is 0 Å². The van der Waals surface area contributed by atoms with Crippen molar-refractivity contribution in [2.24, 2.45) is 0 Å². The van der Waals surface area contributed by atoms with Crippen LogP contribution in [0.4, 0.5) is 0 Å². The number of nitrogens with zero attached hydrogens (tertiary/aromatic N) is 1. The first-order valence-corrected chi connectivity index (χ1v) is 9.78. The standard InChI is InChI=1S/C22H25ClNO2/c1-2-10-24(11-4-3-5-12-24)13-14-25-18-7-9-20-19-8-6-17(23)15-21(19)26-22(20)16-18/h2,6-9,15-16H,1,3-5,10-14H2/q+1. The number of likely N-dealkylation sites (tertiary alicyclic amines) is 1. The van der Waals surface area contributed by atoms with Gasteiger partial charge in [0.05, 0.1) is 19.6 Å². The smallest absolute Gasteiger partial charge is 0.139 e. The molecule has 3 nitrogen and oxygen atoms in total. The SMILES string of the molecule is C=CC[N+]1(CCOc2ccc3c(c2)oc2cc(Cl)ccc23)CCCCC1. The van der Waals surface area contributed by atoms with E-state index in [1.165, 1.54) is 32.4 Å². The van der Waals surface area contributed by atoms with Gasteiger partial charge in [-0.1, -0.05) is 18.2 Å². The van der Waals surface area contributed by atoms with Gasteiger partial charge in [0.1, 0.15) is 30.1 Å². The van der Waals surface area contributed by atoms with Gasteiger partial charge >= 0.3 is 0 Å². The molecule has 1 aliphatic heterocycles. The molecule has 136 valence electrons. The number of hydrogen-bond donors (Lipinski definition) is 0. The Balaban J connectivity index is 1.48. The molecule has 0 N–H and O–H groups in total. The molecule has 0 bridgehead atoms. The Morgan fingerprint density at radius 2 is 1.77 bits per heavy atom. The van der Waals surface area contributed by atoms with Gasteiger partial charge in [0, 0.05) is 27.9 Å². The zero-order chi connectivity index (χ0) is 18.0. The number of furan rings is 1. The molecule has 2 aromatic carbocycles. The summed E-state index contributed by atoms with van der Waals surface area (Å²) in [6, 6.07) is 11.8. The fraction of sp³-hybridized carbons (Fsp3) is 0.364. The number of benzene rings is 2. The number of ether oxygens (including phenoxy) is 1. The van der Waals surface area contributed by atoms with E-state index in [1.807, 2.05) is 30.3 Å². The van der Waals surface area contributed by atoms with Crippen molar-refractivity contribution in [3.63, 3.8) is 0 Å². The molecule has 0 unspecified atom stereocenters. The third-order valence-electron chi connectivity index (χ3n) is 5.52. The maximum Gasteiger partial charge on any atom is 0.139 e. The van der Waals surface area contributed by atoms with Gasteiger partial charge < -0.3 is 13.6 Å². The van der Waals surface area contributed by atoms with E-state index in [4.69, 9.17) is 20.8 Å². The van der Waals surface area contributed by atoms with Crippen LogP contribution in [0.15, 0.2) is 53.5 Å². The quantitative estimate of drug-likeness (QED) is 0.404. The van der Waals surface area contributed by atoms with Crippen LogP contribution in [0.3, 0.4) is 0 Å². The van der Waals surface area contributed by atoms with Crippen molar-refractivity contribution in [3.05, 3.63) is 54.1 Å². The van der Waals surface area contributed by atoms with Gasteiger partial charge in [0.25, 0.3) is 0 Å². The normalized spacial score (nSPS) is 16.8. The summed E-state index contributed by atoms with van der Waals surface area (Å²) in [6.07, 6.45) is 6.02. The summed E-state index contributed by atoms with van der Waals surface area (Å²) in [5, 5.41) is 2.86. The highest BCUT2D eigenvalue weighted by molar-refractivity contribution is 6.31.